The van der Waals surface area contributed by atoms with Crippen molar-refractivity contribution in [1.82, 2.24) is 9.21 Å². The van der Waals surface area contributed by atoms with E-state index >= 15 is 0 Å². The van der Waals surface area contributed by atoms with Crippen LogP contribution in [-0.2, 0) is 19.6 Å². The number of hydrogen-bond acceptors (Lipinski definition) is 5. The fourth-order valence-corrected chi connectivity index (χ4v) is 3.72. The highest BCUT2D eigenvalue weighted by molar-refractivity contribution is 7.88. The molecule has 128 valence electrons. The highest BCUT2D eigenvalue weighted by Crippen LogP contribution is 2.32. The quantitative estimate of drug-likeness (QED) is 0.753. The van der Waals surface area contributed by atoms with Crippen LogP contribution in [0.1, 0.15) is 11.6 Å². The van der Waals surface area contributed by atoms with Crippen molar-refractivity contribution in [2.45, 2.75) is 6.04 Å². The molecule has 1 heterocycles. The molecular formula is C14H18ClFN2O4S. The fourth-order valence-electron chi connectivity index (χ4n) is 2.63. The first-order chi connectivity index (χ1) is 10.8. The van der Waals surface area contributed by atoms with Gasteiger partial charge in [0.15, 0.2) is 0 Å². The summed E-state index contributed by atoms with van der Waals surface area (Å²) in [7, 11) is -2.07. The third kappa shape index (κ3) is 4.00. The topological polar surface area (TPSA) is 66.9 Å². The molecule has 0 spiro atoms. The van der Waals surface area contributed by atoms with Crippen LogP contribution in [-0.4, -0.2) is 63.1 Å². The number of ether oxygens (including phenoxy) is 1. The predicted molar refractivity (Wildman–Crippen MR) is 84.2 cm³/mol. The van der Waals surface area contributed by atoms with Crippen molar-refractivity contribution in [3.63, 3.8) is 0 Å². The Hall–Kier alpha value is -1.22. The summed E-state index contributed by atoms with van der Waals surface area (Å²) in [6, 6.07) is 3.18. The number of piperazine rings is 1. The zero-order valence-electron chi connectivity index (χ0n) is 12.8. The van der Waals surface area contributed by atoms with Crippen LogP contribution in [0.5, 0.6) is 0 Å². The molecule has 0 radical (unpaired) electrons. The minimum Gasteiger partial charge on any atom is -0.468 e. The molecular weight excluding hydrogens is 347 g/mol. The Labute approximate surface area is 139 Å². The molecule has 6 nitrogen and oxygen atoms in total. The molecule has 0 aliphatic carbocycles. The van der Waals surface area contributed by atoms with E-state index in [1.54, 1.807) is 4.90 Å². The van der Waals surface area contributed by atoms with Crippen LogP contribution in [0.3, 0.4) is 0 Å². The highest BCUT2D eigenvalue weighted by Gasteiger charge is 2.36. The van der Waals surface area contributed by atoms with Gasteiger partial charge < -0.3 is 4.74 Å². The molecule has 0 bridgehead atoms. The molecule has 9 heteroatoms. The Bertz CT molecular complexity index is 670. The summed E-state index contributed by atoms with van der Waals surface area (Å²) in [5.41, 5.74) is 0.0498. The lowest BCUT2D eigenvalue weighted by Gasteiger charge is -2.37. The van der Waals surface area contributed by atoms with E-state index in [2.05, 4.69) is 0 Å². The smallest absolute Gasteiger partial charge is 0.327 e. The number of methoxy groups -OCH3 is 1. The number of hydrogen-bond donors (Lipinski definition) is 0. The first-order valence-electron chi connectivity index (χ1n) is 6.96. The van der Waals surface area contributed by atoms with Gasteiger partial charge in [-0.05, 0) is 12.1 Å². The van der Waals surface area contributed by atoms with E-state index in [0.29, 0.717) is 0 Å². The molecule has 1 aliphatic rings. The van der Waals surface area contributed by atoms with Gasteiger partial charge in [0.2, 0.25) is 10.0 Å². The van der Waals surface area contributed by atoms with Crippen LogP contribution >= 0.6 is 11.6 Å². The summed E-state index contributed by atoms with van der Waals surface area (Å²) >= 11 is 6.07. The van der Waals surface area contributed by atoms with Crippen LogP contribution < -0.4 is 0 Å². The van der Waals surface area contributed by atoms with E-state index in [-0.39, 0.29) is 36.8 Å². The molecule has 1 aromatic carbocycles. The van der Waals surface area contributed by atoms with Gasteiger partial charge in [-0.3, -0.25) is 4.90 Å². The largest absolute Gasteiger partial charge is 0.468 e. The van der Waals surface area contributed by atoms with Gasteiger partial charge in [0.05, 0.1) is 13.4 Å². The van der Waals surface area contributed by atoms with E-state index in [1.807, 2.05) is 0 Å². The number of benzene rings is 1. The van der Waals surface area contributed by atoms with Gasteiger partial charge in [-0.2, -0.15) is 4.31 Å². The lowest BCUT2D eigenvalue weighted by molar-refractivity contribution is -0.148. The first kappa shape index (κ1) is 18.1. The Morgan fingerprint density at radius 3 is 2.39 bits per heavy atom. The standard InChI is InChI=1S/C14H18ClFN2O4S/c1-22-14(19)13(12-10(15)4-3-5-11(12)16)17-6-8-18(9-7-17)23(2,20)21/h3-5,13H,6-9H2,1-2H3/t13-/m1/s1. The molecule has 2 rings (SSSR count). The maximum Gasteiger partial charge on any atom is 0.327 e. The second-order valence-electron chi connectivity index (χ2n) is 5.26. The van der Waals surface area contributed by atoms with Gasteiger partial charge in [-0.15, -0.1) is 0 Å². The molecule has 0 amide bonds. The molecule has 1 aliphatic heterocycles. The Morgan fingerprint density at radius 1 is 1.30 bits per heavy atom. The van der Waals surface area contributed by atoms with Gasteiger partial charge in [-0.1, -0.05) is 17.7 Å². The summed E-state index contributed by atoms with van der Waals surface area (Å²) in [5, 5.41) is 0.131. The molecule has 1 fully saturated rings. The van der Waals surface area contributed by atoms with Crippen molar-refractivity contribution >= 4 is 27.6 Å². The van der Waals surface area contributed by atoms with E-state index in [9.17, 15) is 17.6 Å². The van der Waals surface area contributed by atoms with Gasteiger partial charge in [-0.25, -0.2) is 17.6 Å². The lowest BCUT2D eigenvalue weighted by Crippen LogP contribution is -2.51. The average molecular weight is 365 g/mol. The number of nitrogens with zero attached hydrogens (tertiary/aromatic N) is 2. The van der Waals surface area contributed by atoms with Crippen LogP contribution in [0.2, 0.25) is 5.02 Å². The average Bonchev–Trinajstić information content (AvgIpc) is 2.50. The summed E-state index contributed by atoms with van der Waals surface area (Å²) in [6.07, 6.45) is 1.13. The van der Waals surface area contributed by atoms with Crippen molar-refractivity contribution in [1.29, 1.82) is 0 Å². The monoisotopic (exact) mass is 364 g/mol. The normalized spacial score (nSPS) is 18.6. The molecule has 0 N–H and O–H groups in total. The van der Waals surface area contributed by atoms with Crippen LogP contribution in [0.15, 0.2) is 18.2 Å². The number of sulfonamides is 1. The third-order valence-electron chi connectivity index (χ3n) is 3.80. The van der Waals surface area contributed by atoms with E-state index in [1.165, 1.54) is 29.6 Å². The molecule has 1 aromatic rings. The van der Waals surface area contributed by atoms with Crippen LogP contribution in [0.4, 0.5) is 4.39 Å². The second kappa shape index (κ2) is 7.12. The van der Waals surface area contributed by atoms with E-state index < -0.39 is 27.9 Å². The molecule has 0 aromatic heterocycles. The highest BCUT2D eigenvalue weighted by atomic mass is 35.5. The lowest BCUT2D eigenvalue weighted by atomic mass is 10.0. The summed E-state index contributed by atoms with van der Waals surface area (Å²) < 4.78 is 43.4. The third-order valence-corrected chi connectivity index (χ3v) is 5.44. The van der Waals surface area contributed by atoms with Gasteiger partial charge in [0, 0.05) is 36.8 Å². The fraction of sp³-hybridized carbons (Fsp3) is 0.500. The van der Waals surface area contributed by atoms with Crippen LogP contribution in [0, 0.1) is 5.82 Å². The summed E-state index contributed by atoms with van der Waals surface area (Å²) in [4.78, 5) is 13.9. The number of esters is 1. The van der Waals surface area contributed by atoms with Crippen molar-refractivity contribution in [2.24, 2.45) is 0 Å². The van der Waals surface area contributed by atoms with Gasteiger partial charge in [0.1, 0.15) is 11.9 Å². The van der Waals surface area contributed by atoms with Crippen molar-refractivity contribution in [3.8, 4) is 0 Å². The predicted octanol–water partition coefficient (Wildman–Crippen LogP) is 1.27. The Kier molecular flexibility index (Phi) is 5.61. The number of carbonyl (C=O) groups is 1. The van der Waals surface area contributed by atoms with Crippen molar-refractivity contribution < 1.29 is 22.3 Å². The summed E-state index contributed by atoms with van der Waals surface area (Å²) in [6.45, 7) is 0.992. The maximum absolute atomic E-state index is 14.2. The Balaban J connectivity index is 2.30. The zero-order valence-corrected chi connectivity index (χ0v) is 14.4. The number of halogens is 2. The van der Waals surface area contributed by atoms with E-state index in [4.69, 9.17) is 16.3 Å². The molecule has 1 atom stereocenters. The zero-order chi connectivity index (χ0) is 17.2. The minimum atomic E-state index is -3.29. The number of carbonyl (C=O) groups excluding carboxylic acids is 1. The second-order valence-corrected chi connectivity index (χ2v) is 7.65. The minimum absolute atomic E-state index is 0.0498. The molecule has 23 heavy (non-hydrogen) atoms. The summed E-state index contributed by atoms with van der Waals surface area (Å²) in [5.74, 6) is -1.23. The van der Waals surface area contributed by atoms with Gasteiger partial charge >= 0.3 is 5.97 Å². The van der Waals surface area contributed by atoms with Gasteiger partial charge in [0.25, 0.3) is 0 Å². The van der Waals surface area contributed by atoms with Crippen LogP contribution in [0.25, 0.3) is 0 Å². The first-order valence-corrected chi connectivity index (χ1v) is 9.19. The SMILES string of the molecule is COC(=O)[C@@H](c1c(F)cccc1Cl)N1CCN(S(C)(=O)=O)CC1. The number of rotatable bonds is 4. The van der Waals surface area contributed by atoms with E-state index in [0.717, 1.165) is 6.26 Å². The molecule has 0 saturated carbocycles. The molecule has 0 unspecified atom stereocenters. The molecule has 1 saturated heterocycles. The Morgan fingerprint density at radius 2 is 1.91 bits per heavy atom. The van der Waals surface area contributed by atoms with Crippen molar-refractivity contribution in [3.05, 3.63) is 34.6 Å². The maximum atomic E-state index is 14.2. The van der Waals surface area contributed by atoms with Crippen molar-refractivity contribution in [2.75, 3.05) is 39.5 Å².